The average Bonchev–Trinajstić information content (AvgIpc) is 2.78. The molecule has 0 aromatic carbocycles. The SMILES string of the molecule is CC1(C)CCC(C)(C)C2CC(c3ncnc(N4CCN(CCCCO)CC4)n3)=CC=C21. The molecule has 1 saturated carbocycles. The summed E-state index contributed by atoms with van der Waals surface area (Å²) in [6.45, 7) is 14.9. The number of hydrogen-bond acceptors (Lipinski definition) is 6. The molecule has 1 saturated heterocycles. The molecular weight excluding hydrogens is 386 g/mol. The van der Waals surface area contributed by atoms with Crippen LogP contribution in [-0.2, 0) is 0 Å². The van der Waals surface area contributed by atoms with Gasteiger partial charge in [-0.05, 0) is 61.0 Å². The van der Waals surface area contributed by atoms with Gasteiger partial charge >= 0.3 is 0 Å². The zero-order chi connectivity index (χ0) is 22.1. The predicted molar refractivity (Wildman–Crippen MR) is 126 cm³/mol. The Morgan fingerprint density at radius 3 is 2.52 bits per heavy atom. The van der Waals surface area contributed by atoms with Crippen molar-refractivity contribution < 1.29 is 5.11 Å². The molecule has 6 nitrogen and oxygen atoms in total. The van der Waals surface area contributed by atoms with E-state index in [4.69, 9.17) is 10.1 Å². The van der Waals surface area contributed by atoms with E-state index in [0.29, 0.717) is 11.3 Å². The van der Waals surface area contributed by atoms with E-state index < -0.39 is 0 Å². The third kappa shape index (κ3) is 4.85. The number of aliphatic hydroxyl groups excluding tert-OH is 1. The van der Waals surface area contributed by atoms with Crippen molar-refractivity contribution in [1.29, 1.82) is 0 Å². The summed E-state index contributed by atoms with van der Waals surface area (Å²) in [7, 11) is 0. The van der Waals surface area contributed by atoms with Gasteiger partial charge in [0, 0.05) is 32.8 Å². The average molecular weight is 426 g/mol. The number of fused-ring (bicyclic) bond motifs is 1. The number of aromatic nitrogens is 3. The smallest absolute Gasteiger partial charge is 0.228 e. The molecule has 4 rings (SSSR count). The van der Waals surface area contributed by atoms with Crippen LogP contribution in [0, 0.1) is 16.7 Å². The summed E-state index contributed by atoms with van der Waals surface area (Å²) in [5.41, 5.74) is 3.43. The van der Waals surface area contributed by atoms with Crippen LogP contribution in [0.15, 0.2) is 24.1 Å². The van der Waals surface area contributed by atoms with Crippen molar-refractivity contribution >= 4 is 11.5 Å². The highest BCUT2D eigenvalue weighted by Gasteiger charge is 2.44. The van der Waals surface area contributed by atoms with Gasteiger partial charge in [0.25, 0.3) is 0 Å². The molecule has 6 heteroatoms. The maximum Gasteiger partial charge on any atom is 0.228 e. The normalized spacial score (nSPS) is 25.6. The molecule has 1 unspecified atom stereocenters. The van der Waals surface area contributed by atoms with E-state index in [1.54, 1.807) is 11.9 Å². The first-order valence-corrected chi connectivity index (χ1v) is 12.0. The van der Waals surface area contributed by atoms with Gasteiger partial charge in [-0.25, -0.2) is 9.97 Å². The largest absolute Gasteiger partial charge is 0.396 e. The minimum absolute atomic E-state index is 0.281. The van der Waals surface area contributed by atoms with E-state index in [1.165, 1.54) is 18.4 Å². The number of allylic oxidation sites excluding steroid dienone is 4. The molecule has 1 N–H and O–H groups in total. The number of aliphatic hydroxyl groups is 1. The summed E-state index contributed by atoms with van der Waals surface area (Å²) in [4.78, 5) is 18.7. The maximum absolute atomic E-state index is 8.98. The zero-order valence-electron chi connectivity index (χ0n) is 19.8. The first-order chi connectivity index (χ1) is 14.8. The fourth-order valence-corrected chi connectivity index (χ4v) is 5.43. The second-order valence-corrected chi connectivity index (χ2v) is 10.8. The molecular formula is C25H39N5O. The highest BCUT2D eigenvalue weighted by molar-refractivity contribution is 5.65. The number of unbranched alkanes of at least 4 members (excludes halogenated alkanes) is 1. The van der Waals surface area contributed by atoms with E-state index in [2.05, 4.69) is 59.6 Å². The van der Waals surface area contributed by atoms with Gasteiger partial charge in [0.2, 0.25) is 5.95 Å². The molecule has 0 spiro atoms. The molecule has 31 heavy (non-hydrogen) atoms. The van der Waals surface area contributed by atoms with Crippen LogP contribution in [0.5, 0.6) is 0 Å². The van der Waals surface area contributed by atoms with Crippen molar-refractivity contribution in [1.82, 2.24) is 19.9 Å². The molecule has 0 radical (unpaired) electrons. The molecule has 1 aromatic rings. The van der Waals surface area contributed by atoms with Gasteiger partial charge < -0.3 is 10.0 Å². The number of anilines is 1. The lowest BCUT2D eigenvalue weighted by molar-refractivity contribution is 0.125. The fourth-order valence-electron chi connectivity index (χ4n) is 5.43. The van der Waals surface area contributed by atoms with E-state index in [0.717, 1.165) is 63.8 Å². The Kier molecular flexibility index (Phi) is 6.50. The van der Waals surface area contributed by atoms with Gasteiger partial charge in [0.1, 0.15) is 6.33 Å². The lowest BCUT2D eigenvalue weighted by Crippen LogP contribution is -2.47. The summed E-state index contributed by atoms with van der Waals surface area (Å²) in [6, 6.07) is 0. The van der Waals surface area contributed by atoms with E-state index in [9.17, 15) is 0 Å². The Balaban J connectivity index is 1.47. The topological polar surface area (TPSA) is 65.4 Å². The van der Waals surface area contributed by atoms with E-state index >= 15 is 0 Å². The van der Waals surface area contributed by atoms with Gasteiger partial charge in [-0.1, -0.05) is 45.4 Å². The van der Waals surface area contributed by atoms with Crippen molar-refractivity contribution in [3.63, 3.8) is 0 Å². The zero-order valence-corrected chi connectivity index (χ0v) is 19.8. The number of piperazine rings is 1. The molecule has 2 aliphatic carbocycles. The highest BCUT2D eigenvalue weighted by atomic mass is 16.2. The number of rotatable bonds is 6. The fraction of sp³-hybridized carbons (Fsp3) is 0.720. The quantitative estimate of drug-likeness (QED) is 0.697. The molecule has 2 heterocycles. The minimum atomic E-state index is 0.281. The van der Waals surface area contributed by atoms with Crippen LogP contribution in [0.25, 0.3) is 5.57 Å². The minimum Gasteiger partial charge on any atom is -0.396 e. The monoisotopic (exact) mass is 425 g/mol. The van der Waals surface area contributed by atoms with Crippen LogP contribution in [0.3, 0.4) is 0 Å². The van der Waals surface area contributed by atoms with Crippen molar-refractivity contribution in [3.05, 3.63) is 29.9 Å². The molecule has 1 aliphatic heterocycles. The van der Waals surface area contributed by atoms with Crippen molar-refractivity contribution in [2.24, 2.45) is 16.7 Å². The summed E-state index contributed by atoms with van der Waals surface area (Å²) >= 11 is 0. The number of hydrogen-bond donors (Lipinski definition) is 1. The maximum atomic E-state index is 8.98. The second kappa shape index (κ2) is 8.99. The van der Waals surface area contributed by atoms with Crippen molar-refractivity contribution in [2.75, 3.05) is 44.2 Å². The van der Waals surface area contributed by atoms with E-state index in [1.807, 2.05) is 0 Å². The van der Waals surface area contributed by atoms with Crippen LogP contribution >= 0.6 is 0 Å². The molecule has 1 atom stereocenters. The third-order valence-electron chi connectivity index (χ3n) is 7.77. The van der Waals surface area contributed by atoms with E-state index in [-0.39, 0.29) is 12.0 Å². The summed E-state index contributed by atoms with van der Waals surface area (Å²) in [5, 5.41) is 8.98. The van der Waals surface area contributed by atoms with Gasteiger partial charge in [-0.15, -0.1) is 0 Å². The van der Waals surface area contributed by atoms with Gasteiger partial charge in [-0.2, -0.15) is 4.98 Å². The van der Waals surface area contributed by atoms with Gasteiger partial charge in [0.05, 0.1) is 0 Å². The summed E-state index contributed by atoms with van der Waals surface area (Å²) in [5.74, 6) is 2.20. The van der Waals surface area contributed by atoms with Gasteiger partial charge in [-0.3, -0.25) is 4.90 Å². The lowest BCUT2D eigenvalue weighted by atomic mass is 9.55. The summed E-state index contributed by atoms with van der Waals surface area (Å²) in [6.07, 6.45) is 11.8. The van der Waals surface area contributed by atoms with Gasteiger partial charge in [0.15, 0.2) is 5.82 Å². The van der Waals surface area contributed by atoms with Crippen LogP contribution in [0.1, 0.15) is 65.6 Å². The molecule has 0 bridgehead atoms. The molecule has 3 aliphatic rings. The Labute approximate surface area is 187 Å². The predicted octanol–water partition coefficient (Wildman–Crippen LogP) is 3.94. The first-order valence-electron chi connectivity index (χ1n) is 12.0. The highest BCUT2D eigenvalue weighted by Crippen LogP contribution is 2.56. The molecule has 1 aromatic heterocycles. The molecule has 0 amide bonds. The van der Waals surface area contributed by atoms with Crippen molar-refractivity contribution in [3.8, 4) is 0 Å². The standard InChI is InChI=1S/C25H39N5O/c1-24(2)9-10-25(3,4)21-17-19(7-8-20(21)24)22-26-18-27-23(28-22)30-14-12-29(13-15-30)11-5-6-16-31/h7-8,18,21,31H,5-6,9-17H2,1-4H3. The number of nitrogens with zero attached hydrogens (tertiary/aromatic N) is 5. The summed E-state index contributed by atoms with van der Waals surface area (Å²) < 4.78 is 0. The molecule has 170 valence electrons. The van der Waals surface area contributed by atoms with Crippen molar-refractivity contribution in [2.45, 2.75) is 59.8 Å². The first kappa shape index (κ1) is 22.4. The Hall–Kier alpha value is -1.79. The Bertz CT molecular complexity index is 836. The van der Waals surface area contributed by atoms with Crippen LogP contribution in [0.4, 0.5) is 5.95 Å². The lowest BCUT2D eigenvalue weighted by Gasteiger charge is -2.50. The Morgan fingerprint density at radius 2 is 1.77 bits per heavy atom. The Morgan fingerprint density at radius 1 is 1.00 bits per heavy atom. The van der Waals surface area contributed by atoms with Crippen LogP contribution in [0.2, 0.25) is 0 Å². The van der Waals surface area contributed by atoms with Crippen LogP contribution < -0.4 is 4.90 Å². The second-order valence-electron chi connectivity index (χ2n) is 10.8. The van der Waals surface area contributed by atoms with Crippen LogP contribution in [-0.4, -0.2) is 64.3 Å². The molecule has 2 fully saturated rings. The third-order valence-corrected chi connectivity index (χ3v) is 7.77.